The number of ketones is 1. The smallest absolute Gasteiger partial charge is 0.504 e. The van der Waals surface area contributed by atoms with Crippen LogP contribution in [0.5, 0.6) is 0 Å². The molecule has 9 heteroatoms. The van der Waals surface area contributed by atoms with Gasteiger partial charge in [0.15, 0.2) is 11.9 Å². The molecule has 0 spiro atoms. The molecular weight excluding hydrogens is 367 g/mol. The Labute approximate surface area is 160 Å². The molecule has 1 N–H and O–H groups in total. The summed E-state index contributed by atoms with van der Waals surface area (Å²) < 4.78 is 15.5. The van der Waals surface area contributed by atoms with Crippen molar-refractivity contribution in [3.8, 4) is 0 Å². The highest BCUT2D eigenvalue weighted by Crippen LogP contribution is 2.18. The Kier molecular flexibility index (Phi) is 5.56. The zero-order valence-electron chi connectivity index (χ0n) is 14.7. The normalized spacial score (nSPS) is 17.0. The van der Waals surface area contributed by atoms with Gasteiger partial charge in [0.05, 0.1) is 5.56 Å². The molecule has 2 aromatic rings. The van der Waals surface area contributed by atoms with Gasteiger partial charge in [-0.15, -0.1) is 0 Å². The highest BCUT2D eigenvalue weighted by atomic mass is 16.7. The van der Waals surface area contributed by atoms with Gasteiger partial charge in [0.1, 0.15) is 0 Å². The number of ether oxygens (including phenoxy) is 1. The van der Waals surface area contributed by atoms with E-state index < -0.39 is 37.2 Å². The molecule has 142 valence electrons. The van der Waals surface area contributed by atoms with E-state index in [9.17, 15) is 24.3 Å². The predicted molar refractivity (Wildman–Crippen MR) is 96.1 cm³/mol. The minimum Gasteiger partial charge on any atom is -0.504 e. The molecule has 1 saturated heterocycles. The number of carboxylic acid groups (broad SMARTS) is 1. The van der Waals surface area contributed by atoms with Gasteiger partial charge >= 0.3 is 25.0 Å². The maximum absolute atomic E-state index is 12.2. The molecule has 1 aliphatic heterocycles. The summed E-state index contributed by atoms with van der Waals surface area (Å²) in [5, 5.41) is 9.40. The summed E-state index contributed by atoms with van der Waals surface area (Å²) in [4.78, 5) is 47.2. The van der Waals surface area contributed by atoms with Crippen LogP contribution < -0.4 is 5.46 Å². The molecule has 2 aromatic carbocycles. The van der Waals surface area contributed by atoms with Gasteiger partial charge in [0, 0.05) is 5.56 Å². The molecule has 0 bridgehead atoms. The molecule has 8 nitrogen and oxygen atoms in total. The summed E-state index contributed by atoms with van der Waals surface area (Å²) in [5.74, 6) is -3.54. The van der Waals surface area contributed by atoms with E-state index in [0.29, 0.717) is 11.0 Å². The van der Waals surface area contributed by atoms with Gasteiger partial charge in [-0.2, -0.15) is 0 Å². The second-order valence-corrected chi connectivity index (χ2v) is 6.03. The van der Waals surface area contributed by atoms with Crippen LogP contribution in [-0.4, -0.2) is 48.1 Å². The molecule has 0 radical (unpaired) electrons. The Hall–Kier alpha value is -3.46. The molecule has 2 atom stereocenters. The van der Waals surface area contributed by atoms with Crippen LogP contribution in [0, 0.1) is 0 Å². The third-order valence-corrected chi connectivity index (χ3v) is 4.08. The summed E-state index contributed by atoms with van der Waals surface area (Å²) >= 11 is 0. The summed E-state index contributed by atoms with van der Waals surface area (Å²) in [6.07, 6.45) is -3.50. The predicted octanol–water partition coefficient (Wildman–Crippen LogP) is 0.837. The van der Waals surface area contributed by atoms with Gasteiger partial charge in [0.25, 0.3) is 0 Å². The topological polar surface area (TPSA) is 116 Å². The van der Waals surface area contributed by atoms with E-state index in [1.165, 1.54) is 43.3 Å². The molecule has 1 fully saturated rings. The Bertz CT molecular complexity index is 909. The number of carbonyl (C=O) groups is 4. The molecule has 1 heterocycles. The molecule has 0 saturated carbocycles. The average Bonchev–Trinajstić information content (AvgIpc) is 3.07. The lowest BCUT2D eigenvalue weighted by atomic mass is 9.79. The third-order valence-electron chi connectivity index (χ3n) is 4.08. The first-order valence-electron chi connectivity index (χ1n) is 8.32. The van der Waals surface area contributed by atoms with Crippen LogP contribution in [0.4, 0.5) is 0 Å². The van der Waals surface area contributed by atoms with Gasteiger partial charge in [-0.25, -0.2) is 9.59 Å². The average molecular weight is 382 g/mol. The number of rotatable bonds is 6. The number of carboxylic acids is 1. The fourth-order valence-corrected chi connectivity index (χ4v) is 2.60. The van der Waals surface area contributed by atoms with Crippen LogP contribution in [0.1, 0.15) is 27.6 Å². The van der Waals surface area contributed by atoms with Crippen LogP contribution in [0.15, 0.2) is 54.6 Å². The Morgan fingerprint density at radius 1 is 1.04 bits per heavy atom. The third kappa shape index (κ3) is 4.10. The zero-order chi connectivity index (χ0) is 20.3. The Morgan fingerprint density at radius 3 is 2.25 bits per heavy atom. The van der Waals surface area contributed by atoms with Gasteiger partial charge < -0.3 is 19.2 Å². The molecule has 0 aliphatic carbocycles. The minimum atomic E-state index is -1.87. The monoisotopic (exact) mass is 382 g/mol. The first-order valence-corrected chi connectivity index (χ1v) is 8.32. The molecular formula is C19H15BO8. The maximum atomic E-state index is 12.2. The lowest BCUT2D eigenvalue weighted by Gasteiger charge is -2.17. The van der Waals surface area contributed by atoms with Crippen molar-refractivity contribution >= 4 is 36.3 Å². The van der Waals surface area contributed by atoms with Gasteiger partial charge in [-0.1, -0.05) is 42.5 Å². The number of carbonyl (C=O) groups excluding carboxylic acids is 3. The van der Waals surface area contributed by atoms with E-state index in [0.717, 1.165) is 0 Å². The van der Waals surface area contributed by atoms with E-state index in [1.54, 1.807) is 18.2 Å². The first-order chi connectivity index (χ1) is 13.4. The first kappa shape index (κ1) is 19.3. The molecule has 0 aromatic heterocycles. The molecule has 3 rings (SSSR count). The SMILES string of the molecule is CC(=O)c1ccc(B2OC(=O)C(C(OC(=O)c3ccccc3)C(=O)O)O2)cc1. The highest BCUT2D eigenvalue weighted by Gasteiger charge is 2.49. The number of aliphatic carboxylic acids is 1. The number of Topliss-reactive ketones (excluding diaryl/α,β-unsaturated/α-hetero) is 1. The fraction of sp³-hybridized carbons (Fsp3) is 0.158. The molecule has 1 aliphatic rings. The second-order valence-electron chi connectivity index (χ2n) is 6.03. The van der Waals surface area contributed by atoms with Crippen molar-refractivity contribution in [2.75, 3.05) is 0 Å². The van der Waals surface area contributed by atoms with Crippen molar-refractivity contribution in [3.63, 3.8) is 0 Å². The number of benzene rings is 2. The Balaban J connectivity index is 1.75. The molecule has 0 amide bonds. The summed E-state index contributed by atoms with van der Waals surface area (Å²) in [6.45, 7) is 1.41. The number of hydrogen-bond acceptors (Lipinski definition) is 7. The highest BCUT2D eigenvalue weighted by molar-refractivity contribution is 6.64. The van der Waals surface area contributed by atoms with Gasteiger partial charge in [-0.05, 0) is 24.5 Å². The van der Waals surface area contributed by atoms with E-state index in [1.807, 2.05) is 0 Å². The summed E-state index contributed by atoms with van der Waals surface area (Å²) in [7, 11) is -1.17. The van der Waals surface area contributed by atoms with Gasteiger partial charge in [-0.3, -0.25) is 9.59 Å². The Morgan fingerprint density at radius 2 is 1.68 bits per heavy atom. The van der Waals surface area contributed by atoms with E-state index in [2.05, 4.69) is 0 Å². The number of hydrogen-bond donors (Lipinski definition) is 1. The maximum Gasteiger partial charge on any atom is 0.565 e. The van der Waals surface area contributed by atoms with Crippen LogP contribution in [0.25, 0.3) is 0 Å². The van der Waals surface area contributed by atoms with E-state index in [4.69, 9.17) is 14.0 Å². The van der Waals surface area contributed by atoms with Crippen molar-refractivity contribution in [1.82, 2.24) is 0 Å². The largest absolute Gasteiger partial charge is 0.565 e. The van der Waals surface area contributed by atoms with Gasteiger partial charge in [0.2, 0.25) is 6.10 Å². The minimum absolute atomic E-state index is 0.132. The lowest BCUT2D eigenvalue weighted by Crippen LogP contribution is -2.43. The van der Waals surface area contributed by atoms with Crippen LogP contribution in [0.2, 0.25) is 0 Å². The van der Waals surface area contributed by atoms with Crippen LogP contribution >= 0.6 is 0 Å². The molecule has 2 unspecified atom stereocenters. The molecule has 28 heavy (non-hydrogen) atoms. The van der Waals surface area contributed by atoms with Crippen molar-refractivity contribution in [2.45, 2.75) is 19.1 Å². The van der Waals surface area contributed by atoms with E-state index >= 15 is 0 Å². The van der Waals surface area contributed by atoms with Crippen molar-refractivity contribution in [3.05, 3.63) is 65.7 Å². The van der Waals surface area contributed by atoms with Crippen molar-refractivity contribution in [2.24, 2.45) is 0 Å². The van der Waals surface area contributed by atoms with Crippen LogP contribution in [0.3, 0.4) is 0 Å². The lowest BCUT2D eigenvalue weighted by molar-refractivity contribution is -0.158. The summed E-state index contributed by atoms with van der Waals surface area (Å²) in [6, 6.07) is 13.9. The van der Waals surface area contributed by atoms with Crippen molar-refractivity contribution < 1.29 is 38.3 Å². The van der Waals surface area contributed by atoms with Crippen LogP contribution in [-0.2, 0) is 23.6 Å². The summed E-state index contributed by atoms with van der Waals surface area (Å²) in [5.41, 5.74) is 1.01. The van der Waals surface area contributed by atoms with Crippen molar-refractivity contribution in [1.29, 1.82) is 0 Å². The standard InChI is InChI=1S/C19H15BO8/c1-11(21)12-7-9-14(10-8-12)20-27-16(19(25)28-20)15(17(22)23)26-18(24)13-5-3-2-4-6-13/h2-10,15-16H,1H3,(H,22,23). The fourth-order valence-electron chi connectivity index (χ4n) is 2.60. The van der Waals surface area contributed by atoms with E-state index in [-0.39, 0.29) is 11.3 Å². The quantitative estimate of drug-likeness (QED) is 0.444. The second kappa shape index (κ2) is 8.05. The number of esters is 1. The zero-order valence-corrected chi connectivity index (χ0v) is 14.7.